The van der Waals surface area contributed by atoms with Gasteiger partial charge in [0.05, 0.1) is 23.1 Å². The first-order valence-corrected chi connectivity index (χ1v) is 10.4. The molecule has 0 aromatic carbocycles. The van der Waals surface area contributed by atoms with E-state index in [1.807, 2.05) is 29.3 Å². The van der Waals surface area contributed by atoms with E-state index in [0.29, 0.717) is 50.4 Å². The Morgan fingerprint density at radius 1 is 1.25 bits per heavy atom. The fourth-order valence-corrected chi connectivity index (χ4v) is 4.17. The average molecular weight is 407 g/mol. The number of urea groups is 1. The molecule has 1 fully saturated rings. The molecule has 0 saturated carbocycles. The zero-order valence-electron chi connectivity index (χ0n) is 16.2. The molecule has 3 rings (SSSR count). The SMILES string of the molecule is CCOC(=O)C1=C(CN2CCN(C(=O)c3cccs3)CC2)NC(=O)NC1CC. The van der Waals surface area contributed by atoms with Crippen LogP contribution in [-0.2, 0) is 9.53 Å². The lowest BCUT2D eigenvalue weighted by atomic mass is 10.00. The van der Waals surface area contributed by atoms with Crippen LogP contribution in [0.1, 0.15) is 29.9 Å². The summed E-state index contributed by atoms with van der Waals surface area (Å²) >= 11 is 1.45. The molecule has 0 bridgehead atoms. The predicted octanol–water partition coefficient (Wildman–Crippen LogP) is 1.41. The largest absolute Gasteiger partial charge is 0.463 e. The van der Waals surface area contributed by atoms with Gasteiger partial charge < -0.3 is 20.3 Å². The Balaban J connectivity index is 1.68. The van der Waals surface area contributed by atoms with Crippen LogP contribution in [0.3, 0.4) is 0 Å². The molecule has 1 saturated heterocycles. The first kappa shape index (κ1) is 20.3. The summed E-state index contributed by atoms with van der Waals surface area (Å²) in [7, 11) is 0. The fourth-order valence-electron chi connectivity index (χ4n) is 3.48. The van der Waals surface area contributed by atoms with Gasteiger partial charge in [0.2, 0.25) is 0 Å². The molecule has 0 aliphatic carbocycles. The first-order valence-electron chi connectivity index (χ1n) is 9.56. The van der Waals surface area contributed by atoms with Crippen molar-refractivity contribution in [3.05, 3.63) is 33.7 Å². The van der Waals surface area contributed by atoms with Crippen molar-refractivity contribution >= 4 is 29.2 Å². The third-order valence-corrected chi connectivity index (χ3v) is 5.78. The number of nitrogens with zero attached hydrogens (tertiary/aromatic N) is 2. The molecule has 152 valence electrons. The minimum absolute atomic E-state index is 0.0577. The van der Waals surface area contributed by atoms with Gasteiger partial charge in [-0.05, 0) is 24.8 Å². The molecule has 0 spiro atoms. The molecule has 2 N–H and O–H groups in total. The van der Waals surface area contributed by atoms with Gasteiger partial charge in [0.1, 0.15) is 0 Å². The second-order valence-corrected chi connectivity index (χ2v) is 7.67. The molecule has 9 heteroatoms. The smallest absolute Gasteiger partial charge is 0.337 e. The molecule has 28 heavy (non-hydrogen) atoms. The van der Waals surface area contributed by atoms with Gasteiger partial charge in [-0.1, -0.05) is 13.0 Å². The fraction of sp³-hybridized carbons (Fsp3) is 0.526. The normalized spacial score (nSPS) is 20.6. The van der Waals surface area contributed by atoms with Crippen LogP contribution in [0.5, 0.6) is 0 Å². The van der Waals surface area contributed by atoms with Gasteiger partial charge in [-0.15, -0.1) is 11.3 Å². The minimum Gasteiger partial charge on any atom is -0.463 e. The lowest BCUT2D eigenvalue weighted by Crippen LogP contribution is -2.54. The number of piperazine rings is 1. The molecule has 3 amide bonds. The summed E-state index contributed by atoms with van der Waals surface area (Å²) in [6.45, 7) is 6.99. The van der Waals surface area contributed by atoms with Crippen molar-refractivity contribution in [1.82, 2.24) is 20.4 Å². The van der Waals surface area contributed by atoms with E-state index in [9.17, 15) is 14.4 Å². The summed E-state index contributed by atoms with van der Waals surface area (Å²) < 4.78 is 5.20. The Morgan fingerprint density at radius 2 is 2.00 bits per heavy atom. The standard InChI is InChI=1S/C19H26N4O4S/c1-3-13-16(18(25)27-4-2)14(21-19(26)20-13)12-22-7-9-23(10-8-22)17(24)15-6-5-11-28-15/h5-6,11,13H,3-4,7-10,12H2,1-2H3,(H2,20,21,26). The molecule has 2 aliphatic heterocycles. The molecular formula is C19H26N4O4S. The van der Waals surface area contributed by atoms with Crippen molar-refractivity contribution in [1.29, 1.82) is 0 Å². The lowest BCUT2D eigenvalue weighted by Gasteiger charge is -2.36. The molecular weight excluding hydrogens is 380 g/mol. The molecule has 2 aliphatic rings. The number of thiophene rings is 1. The van der Waals surface area contributed by atoms with E-state index in [1.54, 1.807) is 6.92 Å². The van der Waals surface area contributed by atoms with Gasteiger partial charge in [0, 0.05) is 38.4 Å². The van der Waals surface area contributed by atoms with Crippen LogP contribution in [0.4, 0.5) is 4.79 Å². The topological polar surface area (TPSA) is 91.0 Å². The number of hydrogen-bond acceptors (Lipinski definition) is 6. The number of rotatable bonds is 6. The summed E-state index contributed by atoms with van der Waals surface area (Å²) in [6, 6.07) is 3.05. The molecule has 1 aromatic rings. The van der Waals surface area contributed by atoms with E-state index in [0.717, 1.165) is 4.88 Å². The Labute approximate surface area is 168 Å². The zero-order valence-corrected chi connectivity index (χ0v) is 17.0. The van der Waals surface area contributed by atoms with Crippen LogP contribution in [0, 0.1) is 0 Å². The van der Waals surface area contributed by atoms with Crippen LogP contribution in [0.25, 0.3) is 0 Å². The number of amides is 3. The highest BCUT2D eigenvalue weighted by Gasteiger charge is 2.33. The van der Waals surface area contributed by atoms with E-state index < -0.39 is 5.97 Å². The summed E-state index contributed by atoms with van der Waals surface area (Å²) in [5, 5.41) is 7.46. The maximum atomic E-state index is 12.5. The van der Waals surface area contributed by atoms with Gasteiger partial charge in [0.15, 0.2) is 0 Å². The van der Waals surface area contributed by atoms with Gasteiger partial charge in [-0.3, -0.25) is 9.69 Å². The highest BCUT2D eigenvalue weighted by molar-refractivity contribution is 7.12. The minimum atomic E-state index is -0.400. The maximum Gasteiger partial charge on any atom is 0.337 e. The second kappa shape index (κ2) is 9.20. The van der Waals surface area contributed by atoms with Crippen LogP contribution in [0.15, 0.2) is 28.8 Å². The van der Waals surface area contributed by atoms with Crippen molar-refractivity contribution in [3.8, 4) is 0 Å². The Hall–Kier alpha value is -2.39. The molecule has 1 unspecified atom stereocenters. The number of carbonyl (C=O) groups is 3. The van der Waals surface area contributed by atoms with Crippen LogP contribution < -0.4 is 10.6 Å². The van der Waals surface area contributed by atoms with Gasteiger partial charge in [-0.25, -0.2) is 9.59 Å². The van der Waals surface area contributed by atoms with E-state index in [1.165, 1.54) is 11.3 Å². The van der Waals surface area contributed by atoms with Crippen molar-refractivity contribution in [3.63, 3.8) is 0 Å². The highest BCUT2D eigenvalue weighted by atomic mass is 32.1. The summed E-state index contributed by atoms with van der Waals surface area (Å²) in [5.74, 6) is -0.342. The van der Waals surface area contributed by atoms with Crippen LogP contribution in [-0.4, -0.2) is 73.1 Å². The molecule has 8 nitrogen and oxygen atoms in total. The quantitative estimate of drug-likeness (QED) is 0.697. The highest BCUT2D eigenvalue weighted by Crippen LogP contribution is 2.19. The van der Waals surface area contributed by atoms with E-state index in [2.05, 4.69) is 15.5 Å². The first-order chi connectivity index (χ1) is 13.5. The number of hydrogen-bond donors (Lipinski definition) is 2. The maximum absolute atomic E-state index is 12.5. The van der Waals surface area contributed by atoms with Crippen molar-refractivity contribution in [2.75, 3.05) is 39.3 Å². The zero-order chi connectivity index (χ0) is 20.1. The Bertz CT molecular complexity index is 754. The van der Waals surface area contributed by atoms with Gasteiger partial charge in [0.25, 0.3) is 5.91 Å². The monoisotopic (exact) mass is 406 g/mol. The lowest BCUT2D eigenvalue weighted by molar-refractivity contribution is -0.139. The molecule has 0 radical (unpaired) electrons. The third-order valence-electron chi connectivity index (χ3n) is 4.92. The summed E-state index contributed by atoms with van der Waals surface area (Å²) in [4.78, 5) is 41.7. The molecule has 1 atom stereocenters. The molecule has 1 aromatic heterocycles. The van der Waals surface area contributed by atoms with E-state index in [-0.39, 0.29) is 24.6 Å². The van der Waals surface area contributed by atoms with Crippen LogP contribution >= 0.6 is 11.3 Å². The number of esters is 1. The van der Waals surface area contributed by atoms with E-state index >= 15 is 0 Å². The summed E-state index contributed by atoms with van der Waals surface area (Å²) in [6.07, 6.45) is 0.605. The van der Waals surface area contributed by atoms with Crippen molar-refractivity contribution < 1.29 is 19.1 Å². The number of ether oxygens (including phenoxy) is 1. The van der Waals surface area contributed by atoms with Crippen LogP contribution in [0.2, 0.25) is 0 Å². The summed E-state index contributed by atoms with van der Waals surface area (Å²) in [5.41, 5.74) is 1.08. The second-order valence-electron chi connectivity index (χ2n) is 6.72. The predicted molar refractivity (Wildman–Crippen MR) is 106 cm³/mol. The number of nitrogens with one attached hydrogen (secondary N) is 2. The van der Waals surface area contributed by atoms with Gasteiger partial charge >= 0.3 is 12.0 Å². The van der Waals surface area contributed by atoms with E-state index in [4.69, 9.17) is 4.74 Å². The third kappa shape index (κ3) is 4.53. The van der Waals surface area contributed by atoms with Gasteiger partial charge in [-0.2, -0.15) is 0 Å². The molecule has 3 heterocycles. The average Bonchev–Trinajstić information content (AvgIpc) is 3.22. The Kier molecular flexibility index (Phi) is 6.69. The Morgan fingerprint density at radius 3 is 2.61 bits per heavy atom. The number of carbonyl (C=O) groups excluding carboxylic acids is 3. The van der Waals surface area contributed by atoms with Crippen molar-refractivity contribution in [2.45, 2.75) is 26.3 Å². The van der Waals surface area contributed by atoms with Crippen molar-refractivity contribution in [2.24, 2.45) is 0 Å².